The lowest BCUT2D eigenvalue weighted by molar-refractivity contribution is -0.171. The number of carbonyl (C=O) groups is 1. The maximum atomic E-state index is 12.2. The minimum absolute atomic E-state index is 0.157. The van der Waals surface area contributed by atoms with Crippen LogP contribution >= 0.6 is 0 Å². The van der Waals surface area contributed by atoms with Crippen molar-refractivity contribution >= 4 is 5.78 Å². The molecule has 3 heteroatoms. The van der Waals surface area contributed by atoms with Crippen LogP contribution < -0.4 is 0 Å². The SMILES string of the molecule is CC(=O)[C@@H]1CC[C@@H]2[C@@H]3C[C@H](O)[C@@H]4C[C@H](O)CC[C@]4(C)[C@H]3CC[C@]21C. The van der Waals surface area contributed by atoms with Crippen LogP contribution in [-0.4, -0.2) is 28.2 Å². The van der Waals surface area contributed by atoms with Crippen LogP contribution in [0, 0.1) is 40.4 Å². The molecule has 136 valence electrons. The van der Waals surface area contributed by atoms with Crippen molar-refractivity contribution in [1.29, 1.82) is 0 Å². The molecule has 0 spiro atoms. The van der Waals surface area contributed by atoms with Gasteiger partial charge in [0.1, 0.15) is 5.78 Å². The van der Waals surface area contributed by atoms with Gasteiger partial charge in [-0.1, -0.05) is 13.8 Å². The van der Waals surface area contributed by atoms with E-state index in [2.05, 4.69) is 13.8 Å². The van der Waals surface area contributed by atoms with Crippen LogP contribution in [0.2, 0.25) is 0 Å². The Kier molecular flexibility index (Phi) is 3.93. The number of carbonyl (C=O) groups excluding carboxylic acids is 1. The van der Waals surface area contributed by atoms with Crippen LogP contribution in [0.1, 0.15) is 72.1 Å². The number of fused-ring (bicyclic) bond motifs is 5. The molecule has 0 radical (unpaired) electrons. The van der Waals surface area contributed by atoms with Crippen molar-refractivity contribution < 1.29 is 15.0 Å². The Hall–Kier alpha value is -0.410. The van der Waals surface area contributed by atoms with Crippen LogP contribution in [0.15, 0.2) is 0 Å². The van der Waals surface area contributed by atoms with E-state index in [1.54, 1.807) is 6.92 Å². The van der Waals surface area contributed by atoms with Gasteiger partial charge in [-0.2, -0.15) is 0 Å². The third-order valence-corrected chi connectivity index (χ3v) is 9.14. The second kappa shape index (κ2) is 5.54. The molecule has 0 heterocycles. The first-order chi connectivity index (χ1) is 11.3. The monoisotopic (exact) mass is 334 g/mol. The molecular formula is C21H34O3. The Morgan fingerprint density at radius 1 is 0.875 bits per heavy atom. The Morgan fingerprint density at radius 3 is 2.25 bits per heavy atom. The largest absolute Gasteiger partial charge is 0.393 e. The number of ketones is 1. The molecule has 4 aliphatic rings. The van der Waals surface area contributed by atoms with E-state index < -0.39 is 0 Å². The molecule has 2 N–H and O–H groups in total. The number of Topliss-reactive ketones (excluding diaryl/α,β-unsaturated/α-hetero) is 1. The van der Waals surface area contributed by atoms with E-state index >= 15 is 0 Å². The van der Waals surface area contributed by atoms with E-state index in [9.17, 15) is 15.0 Å². The van der Waals surface area contributed by atoms with Crippen molar-refractivity contribution in [2.45, 2.75) is 84.3 Å². The molecule has 0 aliphatic heterocycles. The first-order valence-corrected chi connectivity index (χ1v) is 10.1. The lowest BCUT2D eigenvalue weighted by atomic mass is 9.44. The molecule has 0 aromatic rings. The van der Waals surface area contributed by atoms with Crippen molar-refractivity contribution in [2.24, 2.45) is 40.4 Å². The third-order valence-electron chi connectivity index (χ3n) is 9.14. The van der Waals surface area contributed by atoms with Gasteiger partial charge in [0.05, 0.1) is 12.2 Å². The van der Waals surface area contributed by atoms with Crippen molar-refractivity contribution in [3.8, 4) is 0 Å². The minimum Gasteiger partial charge on any atom is -0.393 e. The fourth-order valence-electron chi connectivity index (χ4n) is 7.95. The highest BCUT2D eigenvalue weighted by Crippen LogP contribution is 2.67. The van der Waals surface area contributed by atoms with E-state index in [-0.39, 0.29) is 34.9 Å². The van der Waals surface area contributed by atoms with Gasteiger partial charge in [-0.25, -0.2) is 0 Å². The maximum absolute atomic E-state index is 12.2. The van der Waals surface area contributed by atoms with Gasteiger partial charge in [0.25, 0.3) is 0 Å². The Balaban J connectivity index is 1.65. The topological polar surface area (TPSA) is 57.5 Å². The van der Waals surface area contributed by atoms with Crippen molar-refractivity contribution in [3.63, 3.8) is 0 Å². The quantitative estimate of drug-likeness (QED) is 0.771. The van der Waals surface area contributed by atoms with Gasteiger partial charge in [0.15, 0.2) is 0 Å². The lowest BCUT2D eigenvalue weighted by Crippen LogP contribution is -2.58. The Labute approximate surface area is 146 Å². The third kappa shape index (κ3) is 2.19. The van der Waals surface area contributed by atoms with E-state index in [1.807, 2.05) is 0 Å². The molecular weight excluding hydrogens is 300 g/mol. The van der Waals surface area contributed by atoms with Gasteiger partial charge in [-0.15, -0.1) is 0 Å². The smallest absolute Gasteiger partial charge is 0.133 e. The summed E-state index contributed by atoms with van der Waals surface area (Å²) in [6, 6.07) is 0. The summed E-state index contributed by atoms with van der Waals surface area (Å²) in [7, 11) is 0. The second-order valence-electron chi connectivity index (χ2n) is 10.0. The molecule has 24 heavy (non-hydrogen) atoms. The molecule has 0 bridgehead atoms. The van der Waals surface area contributed by atoms with Crippen LogP contribution in [0.25, 0.3) is 0 Å². The van der Waals surface area contributed by atoms with Crippen molar-refractivity contribution in [1.82, 2.24) is 0 Å². The molecule has 4 fully saturated rings. The standard InChI is InChI=1S/C21H34O3/c1-12(22)15-4-5-16-14-11-19(24)18-10-13(23)6-8-21(18,3)17(14)7-9-20(15,16)2/h13-19,23-24H,4-11H2,1-3H3/t13-,14+,15+,16-,17+,18+,19+,20+,21-/m1/s1. The van der Waals surface area contributed by atoms with E-state index in [1.165, 1.54) is 12.8 Å². The van der Waals surface area contributed by atoms with E-state index in [0.717, 1.165) is 38.5 Å². The predicted octanol–water partition coefficient (Wildman–Crippen LogP) is 3.57. The van der Waals surface area contributed by atoms with Crippen LogP contribution in [0.5, 0.6) is 0 Å². The number of aliphatic hydroxyl groups is 2. The van der Waals surface area contributed by atoms with Gasteiger partial charge in [0.2, 0.25) is 0 Å². The highest BCUT2D eigenvalue weighted by Gasteiger charge is 2.62. The number of hydrogen-bond acceptors (Lipinski definition) is 3. The number of aliphatic hydroxyl groups excluding tert-OH is 2. The zero-order chi connectivity index (χ0) is 17.3. The summed E-state index contributed by atoms with van der Waals surface area (Å²) in [6.45, 7) is 6.53. The first-order valence-electron chi connectivity index (χ1n) is 10.1. The van der Waals surface area contributed by atoms with Crippen LogP contribution in [0.4, 0.5) is 0 Å². The Bertz CT molecular complexity index is 531. The minimum atomic E-state index is -0.273. The molecule has 3 nitrogen and oxygen atoms in total. The van der Waals surface area contributed by atoms with Gasteiger partial charge < -0.3 is 10.2 Å². The summed E-state index contributed by atoms with van der Waals surface area (Å²) in [4.78, 5) is 12.2. The fourth-order valence-corrected chi connectivity index (χ4v) is 7.95. The van der Waals surface area contributed by atoms with E-state index in [0.29, 0.717) is 23.5 Å². The second-order valence-corrected chi connectivity index (χ2v) is 10.0. The van der Waals surface area contributed by atoms with Gasteiger partial charge in [-0.3, -0.25) is 4.79 Å². The van der Waals surface area contributed by atoms with Gasteiger partial charge in [-0.05, 0) is 92.8 Å². The molecule has 4 aliphatic carbocycles. The first kappa shape index (κ1) is 17.0. The molecule has 9 atom stereocenters. The van der Waals surface area contributed by atoms with E-state index in [4.69, 9.17) is 0 Å². The molecule has 0 aromatic heterocycles. The van der Waals surface area contributed by atoms with Crippen molar-refractivity contribution in [2.75, 3.05) is 0 Å². The fraction of sp³-hybridized carbons (Fsp3) is 0.952. The predicted molar refractivity (Wildman–Crippen MR) is 93.3 cm³/mol. The summed E-state index contributed by atoms with van der Waals surface area (Å²) >= 11 is 0. The van der Waals surface area contributed by atoms with Crippen molar-refractivity contribution in [3.05, 3.63) is 0 Å². The molecule has 0 amide bonds. The highest BCUT2D eigenvalue weighted by molar-refractivity contribution is 5.79. The lowest BCUT2D eigenvalue weighted by Gasteiger charge is -2.62. The number of hydrogen-bond donors (Lipinski definition) is 2. The highest BCUT2D eigenvalue weighted by atomic mass is 16.3. The maximum Gasteiger partial charge on any atom is 0.133 e. The summed E-state index contributed by atoms with van der Waals surface area (Å²) in [6.07, 6.45) is 7.70. The summed E-state index contributed by atoms with van der Waals surface area (Å²) in [5.74, 6) is 2.71. The average Bonchev–Trinajstić information content (AvgIpc) is 2.87. The van der Waals surface area contributed by atoms with Gasteiger partial charge in [0, 0.05) is 5.92 Å². The average molecular weight is 335 g/mol. The summed E-state index contributed by atoms with van der Waals surface area (Å²) in [5.41, 5.74) is 0.335. The Morgan fingerprint density at radius 2 is 1.54 bits per heavy atom. The zero-order valence-electron chi connectivity index (χ0n) is 15.5. The molecule has 0 aromatic carbocycles. The molecule has 4 rings (SSSR count). The van der Waals surface area contributed by atoms with Crippen LogP contribution in [-0.2, 0) is 4.79 Å². The van der Waals surface area contributed by atoms with Gasteiger partial charge >= 0.3 is 0 Å². The number of rotatable bonds is 1. The molecule has 4 saturated carbocycles. The molecule has 0 saturated heterocycles. The normalized spacial score (nSPS) is 57.0. The summed E-state index contributed by atoms with van der Waals surface area (Å²) < 4.78 is 0. The summed E-state index contributed by atoms with van der Waals surface area (Å²) in [5, 5.41) is 21.0. The molecule has 0 unspecified atom stereocenters. The van der Waals surface area contributed by atoms with Crippen LogP contribution in [0.3, 0.4) is 0 Å². The zero-order valence-corrected chi connectivity index (χ0v) is 15.5.